The van der Waals surface area contributed by atoms with Crippen LogP contribution in [0.2, 0.25) is 0 Å². The Morgan fingerprint density at radius 1 is 0.938 bits per heavy atom. The molecular weight excluding hydrogens is 402 g/mol. The summed E-state index contributed by atoms with van der Waals surface area (Å²) < 4.78 is 5.47. The Bertz CT molecular complexity index is 1190. The standard InChI is InChI=1S/C27H25NO4/c1-4-32-22-14-10-19(11-15-22)25(29)23-24(20-7-5-6-18(3)16-20)28(27(31)26(23)30)21-12-8-17(2)9-13-21/h5-16,24,29H,4H2,1-3H3/b25-23-. The van der Waals surface area contributed by atoms with Crippen LogP contribution in [-0.2, 0) is 9.59 Å². The van der Waals surface area contributed by atoms with Crippen molar-refractivity contribution in [2.75, 3.05) is 11.5 Å². The molecule has 0 radical (unpaired) electrons. The lowest BCUT2D eigenvalue weighted by atomic mass is 9.94. The summed E-state index contributed by atoms with van der Waals surface area (Å²) in [6.07, 6.45) is 0. The molecule has 0 aromatic heterocycles. The van der Waals surface area contributed by atoms with E-state index in [-0.39, 0.29) is 11.3 Å². The van der Waals surface area contributed by atoms with E-state index in [1.165, 1.54) is 4.90 Å². The first-order chi connectivity index (χ1) is 15.4. The Balaban J connectivity index is 1.89. The number of nitrogens with zero attached hydrogens (tertiary/aromatic N) is 1. The highest BCUT2D eigenvalue weighted by atomic mass is 16.5. The van der Waals surface area contributed by atoms with Crippen LogP contribution in [-0.4, -0.2) is 23.4 Å². The van der Waals surface area contributed by atoms with Gasteiger partial charge < -0.3 is 9.84 Å². The Labute approximate surface area is 187 Å². The van der Waals surface area contributed by atoms with Gasteiger partial charge in [-0.25, -0.2) is 0 Å². The van der Waals surface area contributed by atoms with Crippen molar-refractivity contribution in [2.24, 2.45) is 0 Å². The molecular formula is C27H25NO4. The summed E-state index contributed by atoms with van der Waals surface area (Å²) in [5.41, 5.74) is 3.94. The topological polar surface area (TPSA) is 66.8 Å². The predicted octanol–water partition coefficient (Wildman–Crippen LogP) is 5.33. The second kappa shape index (κ2) is 8.71. The van der Waals surface area contributed by atoms with Crippen LogP contribution in [0.5, 0.6) is 5.75 Å². The van der Waals surface area contributed by atoms with Gasteiger partial charge in [0.15, 0.2) is 0 Å². The molecule has 1 N–H and O–H groups in total. The number of rotatable bonds is 5. The molecule has 1 aliphatic rings. The first-order valence-corrected chi connectivity index (χ1v) is 10.6. The summed E-state index contributed by atoms with van der Waals surface area (Å²) in [5, 5.41) is 11.2. The van der Waals surface area contributed by atoms with E-state index >= 15 is 0 Å². The SMILES string of the molecule is CCOc1ccc(/C(O)=C2/C(=O)C(=O)N(c3ccc(C)cc3)C2c2cccc(C)c2)cc1. The molecule has 3 aromatic carbocycles. The van der Waals surface area contributed by atoms with Crippen molar-refractivity contribution < 1.29 is 19.4 Å². The van der Waals surface area contributed by atoms with Gasteiger partial charge >= 0.3 is 0 Å². The fourth-order valence-electron chi connectivity index (χ4n) is 3.99. The van der Waals surface area contributed by atoms with E-state index in [0.29, 0.717) is 23.6 Å². The molecule has 1 saturated heterocycles. The number of anilines is 1. The number of Topliss-reactive ketones (excluding diaryl/α,β-unsaturated/α-hetero) is 1. The lowest BCUT2D eigenvalue weighted by Gasteiger charge is -2.26. The molecule has 1 heterocycles. The predicted molar refractivity (Wildman–Crippen MR) is 125 cm³/mol. The first kappa shape index (κ1) is 21.4. The van der Waals surface area contributed by atoms with Gasteiger partial charge in [0.25, 0.3) is 11.7 Å². The third-order valence-corrected chi connectivity index (χ3v) is 5.55. The van der Waals surface area contributed by atoms with Crippen molar-refractivity contribution in [1.82, 2.24) is 0 Å². The van der Waals surface area contributed by atoms with Gasteiger partial charge in [0.05, 0.1) is 18.2 Å². The molecule has 5 nitrogen and oxygen atoms in total. The highest BCUT2D eigenvalue weighted by molar-refractivity contribution is 6.51. The molecule has 1 aliphatic heterocycles. The van der Waals surface area contributed by atoms with Crippen molar-refractivity contribution in [3.05, 3.63) is 101 Å². The maximum absolute atomic E-state index is 13.2. The van der Waals surface area contributed by atoms with E-state index in [2.05, 4.69) is 0 Å². The zero-order valence-corrected chi connectivity index (χ0v) is 18.3. The molecule has 1 atom stereocenters. The summed E-state index contributed by atoms with van der Waals surface area (Å²) in [5.74, 6) is -0.900. The maximum Gasteiger partial charge on any atom is 0.300 e. The summed E-state index contributed by atoms with van der Waals surface area (Å²) in [6, 6.07) is 21.2. The molecule has 0 spiro atoms. The Morgan fingerprint density at radius 3 is 2.25 bits per heavy atom. The molecule has 1 fully saturated rings. The van der Waals surface area contributed by atoms with Gasteiger partial charge in [-0.15, -0.1) is 0 Å². The third-order valence-electron chi connectivity index (χ3n) is 5.55. The van der Waals surface area contributed by atoms with Gasteiger partial charge in [0, 0.05) is 11.3 Å². The number of aliphatic hydroxyl groups is 1. The lowest BCUT2D eigenvalue weighted by Crippen LogP contribution is -2.29. The van der Waals surface area contributed by atoms with Crippen LogP contribution >= 0.6 is 0 Å². The number of carbonyl (C=O) groups excluding carboxylic acids is 2. The zero-order chi connectivity index (χ0) is 22.8. The van der Waals surface area contributed by atoms with Crippen LogP contribution in [0.15, 0.2) is 78.4 Å². The molecule has 162 valence electrons. The van der Waals surface area contributed by atoms with Gasteiger partial charge in [0.2, 0.25) is 0 Å². The molecule has 0 aliphatic carbocycles. The van der Waals surface area contributed by atoms with Gasteiger partial charge in [0.1, 0.15) is 11.5 Å². The lowest BCUT2D eigenvalue weighted by molar-refractivity contribution is -0.132. The summed E-state index contributed by atoms with van der Waals surface area (Å²) in [7, 11) is 0. The minimum atomic E-state index is -0.732. The average Bonchev–Trinajstić information content (AvgIpc) is 3.05. The van der Waals surface area contributed by atoms with Crippen LogP contribution in [0.4, 0.5) is 5.69 Å². The molecule has 3 aromatic rings. The number of benzene rings is 3. The van der Waals surface area contributed by atoms with E-state index < -0.39 is 17.7 Å². The van der Waals surface area contributed by atoms with Crippen molar-refractivity contribution >= 4 is 23.1 Å². The largest absolute Gasteiger partial charge is 0.507 e. The number of aliphatic hydroxyl groups excluding tert-OH is 1. The van der Waals surface area contributed by atoms with Gasteiger partial charge in [-0.2, -0.15) is 0 Å². The normalized spacial score (nSPS) is 17.6. The summed E-state index contributed by atoms with van der Waals surface area (Å²) in [4.78, 5) is 27.8. The number of hydrogen-bond donors (Lipinski definition) is 1. The molecule has 0 bridgehead atoms. The fraction of sp³-hybridized carbons (Fsp3) is 0.185. The van der Waals surface area contributed by atoms with Crippen molar-refractivity contribution in [2.45, 2.75) is 26.8 Å². The number of amides is 1. The number of hydrogen-bond acceptors (Lipinski definition) is 4. The molecule has 32 heavy (non-hydrogen) atoms. The fourth-order valence-corrected chi connectivity index (χ4v) is 3.99. The Morgan fingerprint density at radius 2 is 1.62 bits per heavy atom. The molecule has 1 amide bonds. The number of ketones is 1. The summed E-state index contributed by atoms with van der Waals surface area (Å²) in [6.45, 7) is 6.33. The minimum Gasteiger partial charge on any atom is -0.507 e. The van der Waals surface area contributed by atoms with E-state index in [4.69, 9.17) is 4.74 Å². The Hall–Kier alpha value is -3.86. The van der Waals surface area contributed by atoms with Gasteiger partial charge in [-0.05, 0) is 62.7 Å². The van der Waals surface area contributed by atoms with Gasteiger partial charge in [-0.3, -0.25) is 14.5 Å². The van der Waals surface area contributed by atoms with Gasteiger partial charge in [-0.1, -0.05) is 47.5 Å². The smallest absolute Gasteiger partial charge is 0.300 e. The zero-order valence-electron chi connectivity index (χ0n) is 18.3. The quantitative estimate of drug-likeness (QED) is 0.340. The highest BCUT2D eigenvalue weighted by Crippen LogP contribution is 2.42. The van der Waals surface area contributed by atoms with E-state index in [9.17, 15) is 14.7 Å². The number of carbonyl (C=O) groups is 2. The molecule has 5 heteroatoms. The molecule has 0 saturated carbocycles. The Kier molecular flexibility index (Phi) is 5.82. The van der Waals surface area contributed by atoms with Crippen LogP contribution in [0.3, 0.4) is 0 Å². The van der Waals surface area contributed by atoms with E-state index in [1.807, 2.05) is 69.3 Å². The number of ether oxygens (including phenoxy) is 1. The van der Waals surface area contributed by atoms with E-state index in [1.54, 1.807) is 24.3 Å². The van der Waals surface area contributed by atoms with Crippen molar-refractivity contribution in [3.8, 4) is 5.75 Å². The van der Waals surface area contributed by atoms with E-state index in [0.717, 1.165) is 16.7 Å². The van der Waals surface area contributed by atoms with Crippen LogP contribution in [0.1, 0.15) is 35.2 Å². The van der Waals surface area contributed by atoms with Crippen LogP contribution < -0.4 is 9.64 Å². The van der Waals surface area contributed by atoms with Crippen molar-refractivity contribution in [3.63, 3.8) is 0 Å². The third kappa shape index (κ3) is 3.89. The van der Waals surface area contributed by atoms with Crippen LogP contribution in [0, 0.1) is 13.8 Å². The average molecular weight is 428 g/mol. The maximum atomic E-state index is 13.2. The van der Waals surface area contributed by atoms with Crippen molar-refractivity contribution in [1.29, 1.82) is 0 Å². The van der Waals surface area contributed by atoms with Crippen LogP contribution in [0.25, 0.3) is 5.76 Å². The first-order valence-electron chi connectivity index (χ1n) is 10.6. The second-order valence-corrected chi connectivity index (χ2v) is 7.88. The molecule has 4 rings (SSSR count). The second-order valence-electron chi connectivity index (χ2n) is 7.88. The monoisotopic (exact) mass is 427 g/mol. The summed E-state index contributed by atoms with van der Waals surface area (Å²) >= 11 is 0. The number of aryl methyl sites for hydroxylation is 2. The highest BCUT2D eigenvalue weighted by Gasteiger charge is 2.46. The minimum absolute atomic E-state index is 0.0744. The molecule has 1 unspecified atom stereocenters.